The molecule has 1 saturated heterocycles. The maximum Gasteiger partial charge on any atom is 0.408 e. The van der Waals surface area contributed by atoms with Crippen LogP contribution in [0, 0.1) is 5.82 Å². The van der Waals surface area contributed by atoms with E-state index in [0.717, 1.165) is 15.6 Å². The van der Waals surface area contributed by atoms with Gasteiger partial charge < -0.3 is 15.0 Å². The fourth-order valence-corrected chi connectivity index (χ4v) is 4.45. The zero-order chi connectivity index (χ0) is 27.4. The number of piperidine rings is 1. The number of hydrogen-bond acceptors (Lipinski definition) is 7. The van der Waals surface area contributed by atoms with Gasteiger partial charge in [0.05, 0.1) is 37.0 Å². The SMILES string of the molecule is COc1nc(N[C@@H]2CCN(C(C)=O)CC2(F)F)nn2cc(F)c(-c3ccc4nnn(CC(F)(F)F)c4c3)c12. The Bertz CT molecular complexity index is 1530. The monoisotopic (exact) mass is 542 g/mol. The molecule has 4 heterocycles. The van der Waals surface area contributed by atoms with Crippen molar-refractivity contribution in [1.29, 1.82) is 0 Å². The van der Waals surface area contributed by atoms with E-state index < -0.39 is 43.0 Å². The Morgan fingerprint density at radius 1 is 1.29 bits per heavy atom. The van der Waals surface area contributed by atoms with Crippen molar-refractivity contribution in [2.75, 3.05) is 25.5 Å². The zero-order valence-electron chi connectivity index (χ0n) is 19.9. The molecule has 1 aliphatic heterocycles. The number of alkyl halides is 5. The highest BCUT2D eigenvalue weighted by molar-refractivity contribution is 5.89. The summed E-state index contributed by atoms with van der Waals surface area (Å²) in [6.45, 7) is -0.845. The van der Waals surface area contributed by atoms with Crippen LogP contribution < -0.4 is 10.1 Å². The van der Waals surface area contributed by atoms with Crippen LogP contribution in [-0.4, -0.2) is 78.7 Å². The molecule has 1 aromatic carbocycles. The van der Waals surface area contributed by atoms with Crippen LogP contribution in [0.15, 0.2) is 24.4 Å². The van der Waals surface area contributed by atoms with E-state index in [4.69, 9.17) is 4.74 Å². The highest BCUT2D eigenvalue weighted by Gasteiger charge is 2.46. The summed E-state index contributed by atoms with van der Waals surface area (Å²) in [6.07, 6.45) is -3.65. The number of amides is 1. The van der Waals surface area contributed by atoms with Gasteiger partial charge in [-0.25, -0.2) is 22.4 Å². The number of rotatable bonds is 5. The van der Waals surface area contributed by atoms with Crippen molar-refractivity contribution in [2.45, 2.75) is 38.0 Å². The van der Waals surface area contributed by atoms with Gasteiger partial charge in [0.1, 0.15) is 17.6 Å². The standard InChI is InChI=1S/C22H20F6N8O2/c1-11(37)34-6-5-16(21(24,25)9-34)29-20-30-19(38-2)18-17(13(23)8-35(18)32-20)12-3-4-14-15(7-12)36(33-31-14)10-22(26,27)28/h3-4,7-8,16H,5-6,9-10H2,1-2H3,(H,29,32)/t16-/m1/s1. The molecule has 1 N–H and O–H groups in total. The van der Waals surface area contributed by atoms with Crippen molar-refractivity contribution in [1.82, 2.24) is 34.5 Å². The van der Waals surface area contributed by atoms with E-state index in [9.17, 15) is 26.7 Å². The number of aromatic nitrogens is 6. The fraction of sp³-hybridized carbons (Fsp3) is 0.409. The second-order valence-corrected chi connectivity index (χ2v) is 8.84. The van der Waals surface area contributed by atoms with Crippen molar-refractivity contribution in [2.24, 2.45) is 0 Å². The fourth-order valence-electron chi connectivity index (χ4n) is 4.45. The first-order valence-corrected chi connectivity index (χ1v) is 11.3. The van der Waals surface area contributed by atoms with Crippen LogP contribution in [0.5, 0.6) is 5.88 Å². The summed E-state index contributed by atoms with van der Waals surface area (Å²) in [5.41, 5.74) is 0.330. The molecule has 0 bridgehead atoms. The summed E-state index contributed by atoms with van der Waals surface area (Å²) < 4.78 is 90.4. The molecule has 4 aromatic rings. The second-order valence-electron chi connectivity index (χ2n) is 8.84. The van der Waals surface area contributed by atoms with Crippen molar-refractivity contribution in [3.8, 4) is 17.0 Å². The average molecular weight is 542 g/mol. The summed E-state index contributed by atoms with van der Waals surface area (Å²) >= 11 is 0. The molecular formula is C22H20F6N8O2. The molecule has 1 atom stereocenters. The van der Waals surface area contributed by atoms with Crippen molar-refractivity contribution >= 4 is 28.4 Å². The lowest BCUT2D eigenvalue weighted by atomic mass is 10.0. The molecule has 5 rings (SSSR count). The number of fused-ring (bicyclic) bond motifs is 2. The predicted molar refractivity (Wildman–Crippen MR) is 121 cm³/mol. The molecule has 202 valence electrons. The summed E-state index contributed by atoms with van der Waals surface area (Å²) in [6, 6.07) is 2.74. The van der Waals surface area contributed by atoms with Gasteiger partial charge in [0, 0.05) is 13.5 Å². The Kier molecular flexibility index (Phi) is 6.06. The number of hydrogen-bond donors (Lipinski definition) is 1. The van der Waals surface area contributed by atoms with Crippen LogP contribution in [0.1, 0.15) is 13.3 Å². The first-order valence-electron chi connectivity index (χ1n) is 11.3. The number of carbonyl (C=O) groups is 1. The van der Waals surface area contributed by atoms with Gasteiger partial charge in [0.15, 0.2) is 5.82 Å². The van der Waals surface area contributed by atoms with E-state index in [2.05, 4.69) is 25.7 Å². The summed E-state index contributed by atoms with van der Waals surface area (Å²) in [5, 5.41) is 13.9. The minimum Gasteiger partial charge on any atom is -0.479 e. The summed E-state index contributed by atoms with van der Waals surface area (Å²) in [7, 11) is 1.24. The third-order valence-corrected chi connectivity index (χ3v) is 6.23. The lowest BCUT2D eigenvalue weighted by Gasteiger charge is -2.38. The molecule has 1 aliphatic rings. The van der Waals surface area contributed by atoms with E-state index in [1.165, 1.54) is 32.2 Å². The summed E-state index contributed by atoms with van der Waals surface area (Å²) in [4.78, 5) is 16.7. The molecule has 38 heavy (non-hydrogen) atoms. The van der Waals surface area contributed by atoms with Gasteiger partial charge in [-0.2, -0.15) is 18.2 Å². The molecule has 16 heteroatoms. The quantitative estimate of drug-likeness (QED) is 0.385. The lowest BCUT2D eigenvalue weighted by molar-refractivity contribution is -0.142. The number of likely N-dealkylation sites (tertiary alicyclic amines) is 1. The Hall–Kier alpha value is -4.11. The number of methoxy groups -OCH3 is 1. The Morgan fingerprint density at radius 2 is 2.05 bits per heavy atom. The minimum atomic E-state index is -4.55. The van der Waals surface area contributed by atoms with Gasteiger partial charge in [0.25, 0.3) is 5.92 Å². The molecule has 10 nitrogen and oxygen atoms in total. The number of nitrogens with zero attached hydrogens (tertiary/aromatic N) is 7. The Labute approximate surface area is 210 Å². The van der Waals surface area contributed by atoms with Gasteiger partial charge in [0.2, 0.25) is 17.7 Å². The third-order valence-electron chi connectivity index (χ3n) is 6.23. The first kappa shape index (κ1) is 25.5. The molecule has 0 spiro atoms. The minimum absolute atomic E-state index is 0.0240. The van der Waals surface area contributed by atoms with Gasteiger partial charge in [-0.1, -0.05) is 11.3 Å². The number of ether oxygens (including phenoxy) is 1. The van der Waals surface area contributed by atoms with Gasteiger partial charge in [-0.3, -0.25) is 4.79 Å². The smallest absolute Gasteiger partial charge is 0.408 e. The third kappa shape index (κ3) is 4.65. The molecule has 0 unspecified atom stereocenters. The number of anilines is 1. The number of halogens is 6. The van der Waals surface area contributed by atoms with Crippen LogP contribution in [0.2, 0.25) is 0 Å². The number of benzene rings is 1. The Balaban J connectivity index is 1.52. The first-order chi connectivity index (χ1) is 17.9. The maximum absolute atomic E-state index is 15.2. The van der Waals surface area contributed by atoms with E-state index in [0.29, 0.717) is 4.68 Å². The maximum atomic E-state index is 15.2. The second kappa shape index (κ2) is 9.02. The largest absolute Gasteiger partial charge is 0.479 e. The molecule has 1 fully saturated rings. The van der Waals surface area contributed by atoms with Gasteiger partial charge in [-0.15, -0.1) is 10.2 Å². The Morgan fingerprint density at radius 3 is 2.71 bits per heavy atom. The van der Waals surface area contributed by atoms with Gasteiger partial charge in [-0.05, 0) is 24.1 Å². The van der Waals surface area contributed by atoms with Gasteiger partial charge >= 0.3 is 6.18 Å². The summed E-state index contributed by atoms with van der Waals surface area (Å²) in [5.74, 6) is -4.98. The topological polar surface area (TPSA) is 102 Å². The van der Waals surface area contributed by atoms with Crippen LogP contribution in [0.25, 0.3) is 27.7 Å². The molecule has 3 aromatic heterocycles. The predicted octanol–water partition coefficient (Wildman–Crippen LogP) is 3.52. The van der Waals surface area contributed by atoms with Crippen molar-refractivity contribution < 1.29 is 35.9 Å². The lowest BCUT2D eigenvalue weighted by Crippen LogP contribution is -2.55. The normalized spacial score (nSPS) is 17.8. The highest BCUT2D eigenvalue weighted by Crippen LogP contribution is 2.36. The molecular weight excluding hydrogens is 522 g/mol. The molecule has 0 saturated carbocycles. The molecule has 0 radical (unpaired) electrons. The van der Waals surface area contributed by atoms with E-state index in [1.54, 1.807) is 0 Å². The van der Waals surface area contributed by atoms with Crippen LogP contribution in [0.4, 0.5) is 32.3 Å². The molecule has 0 aliphatic carbocycles. The zero-order valence-corrected chi connectivity index (χ0v) is 19.9. The number of carbonyl (C=O) groups excluding carboxylic acids is 1. The molecule has 1 amide bonds. The average Bonchev–Trinajstić information content (AvgIpc) is 3.37. The van der Waals surface area contributed by atoms with Crippen LogP contribution >= 0.6 is 0 Å². The van der Waals surface area contributed by atoms with Crippen LogP contribution in [-0.2, 0) is 11.3 Å². The number of nitrogens with one attached hydrogen (secondary N) is 1. The van der Waals surface area contributed by atoms with E-state index in [1.807, 2.05) is 0 Å². The van der Waals surface area contributed by atoms with E-state index >= 15 is 4.39 Å². The van der Waals surface area contributed by atoms with Crippen molar-refractivity contribution in [3.63, 3.8) is 0 Å². The van der Waals surface area contributed by atoms with Crippen LogP contribution in [0.3, 0.4) is 0 Å². The highest BCUT2D eigenvalue weighted by atomic mass is 19.4. The van der Waals surface area contributed by atoms with E-state index in [-0.39, 0.29) is 52.5 Å². The van der Waals surface area contributed by atoms with Crippen molar-refractivity contribution in [3.05, 3.63) is 30.2 Å².